The van der Waals surface area contributed by atoms with E-state index >= 15 is 0 Å². The Kier molecular flexibility index (Phi) is 5.31. The summed E-state index contributed by atoms with van der Waals surface area (Å²) in [7, 11) is 1.79. The van der Waals surface area contributed by atoms with E-state index in [4.69, 9.17) is 15.7 Å². The molecule has 0 spiro atoms. The van der Waals surface area contributed by atoms with E-state index in [-0.39, 0.29) is 18.2 Å². The third-order valence-corrected chi connectivity index (χ3v) is 3.52. The predicted octanol–water partition coefficient (Wildman–Crippen LogP) is 0.320. The number of hydrogen-bond acceptors (Lipinski definition) is 5. The lowest BCUT2D eigenvalue weighted by Gasteiger charge is -2.36. The molecule has 1 saturated heterocycles. The normalized spacial score (nSPS) is 18.3. The molecule has 0 radical (unpaired) electrons. The Labute approximate surface area is 128 Å². The van der Waals surface area contributed by atoms with E-state index in [0.29, 0.717) is 31.9 Å². The molecule has 7 heteroatoms. The predicted molar refractivity (Wildman–Crippen MR) is 79.8 cm³/mol. The molecule has 0 aliphatic carbocycles. The van der Waals surface area contributed by atoms with Crippen LogP contribution in [-0.4, -0.2) is 56.7 Å². The van der Waals surface area contributed by atoms with Gasteiger partial charge in [-0.15, -0.1) is 0 Å². The van der Waals surface area contributed by atoms with Gasteiger partial charge in [0.25, 0.3) is 0 Å². The minimum Gasteiger partial charge on any atom is -0.373 e. The summed E-state index contributed by atoms with van der Waals surface area (Å²) in [6.45, 7) is 2.30. The standard InChI is InChI=1S/C15H19FN4O2/c1-19(10-15(18)21)8-11-9-20(5-6-22-11)14-4-2-3-13(16)12(14)7-17/h2-4,11H,5-6,8-10H2,1H3,(H2,18,21)/t11-/m0/s1. The van der Waals surface area contributed by atoms with Gasteiger partial charge in [0.15, 0.2) is 0 Å². The number of rotatable bonds is 5. The number of nitriles is 1. The van der Waals surface area contributed by atoms with Crippen molar-refractivity contribution in [3.05, 3.63) is 29.6 Å². The number of ether oxygens (including phenoxy) is 1. The number of anilines is 1. The van der Waals surface area contributed by atoms with Crippen molar-refractivity contribution in [2.45, 2.75) is 6.10 Å². The van der Waals surface area contributed by atoms with Crippen molar-refractivity contribution in [3.63, 3.8) is 0 Å². The maximum absolute atomic E-state index is 13.7. The summed E-state index contributed by atoms with van der Waals surface area (Å²) in [5, 5.41) is 9.13. The van der Waals surface area contributed by atoms with E-state index < -0.39 is 11.7 Å². The summed E-state index contributed by atoms with van der Waals surface area (Å²) >= 11 is 0. The lowest BCUT2D eigenvalue weighted by Crippen LogP contribution is -2.48. The molecule has 1 fully saturated rings. The van der Waals surface area contributed by atoms with Gasteiger partial charge < -0.3 is 15.4 Å². The van der Waals surface area contributed by atoms with Crippen LogP contribution in [0.2, 0.25) is 0 Å². The van der Waals surface area contributed by atoms with Gasteiger partial charge in [0, 0.05) is 19.6 Å². The highest BCUT2D eigenvalue weighted by atomic mass is 19.1. The zero-order valence-electron chi connectivity index (χ0n) is 12.5. The van der Waals surface area contributed by atoms with Gasteiger partial charge in [0.1, 0.15) is 17.4 Å². The lowest BCUT2D eigenvalue weighted by molar-refractivity contribution is -0.119. The van der Waals surface area contributed by atoms with Crippen LogP contribution in [0.1, 0.15) is 5.56 Å². The molecule has 0 unspecified atom stereocenters. The average Bonchev–Trinajstić information content (AvgIpc) is 2.46. The fourth-order valence-electron chi connectivity index (χ4n) is 2.61. The SMILES string of the molecule is CN(CC(N)=O)C[C@H]1CN(c2cccc(F)c2C#N)CCO1. The van der Waals surface area contributed by atoms with Crippen molar-refractivity contribution >= 4 is 11.6 Å². The third-order valence-electron chi connectivity index (χ3n) is 3.52. The van der Waals surface area contributed by atoms with Crippen LogP contribution in [0.15, 0.2) is 18.2 Å². The molecule has 2 N–H and O–H groups in total. The number of carbonyl (C=O) groups is 1. The van der Waals surface area contributed by atoms with Gasteiger partial charge in [-0.2, -0.15) is 5.26 Å². The van der Waals surface area contributed by atoms with Gasteiger partial charge in [-0.1, -0.05) is 6.07 Å². The molecule has 1 heterocycles. The first-order chi connectivity index (χ1) is 10.5. The van der Waals surface area contributed by atoms with E-state index in [0.717, 1.165) is 0 Å². The van der Waals surface area contributed by atoms with Gasteiger partial charge >= 0.3 is 0 Å². The van der Waals surface area contributed by atoms with E-state index in [1.54, 1.807) is 24.1 Å². The van der Waals surface area contributed by atoms with Crippen LogP contribution in [0, 0.1) is 17.1 Å². The second-order valence-electron chi connectivity index (χ2n) is 5.35. The monoisotopic (exact) mass is 306 g/mol. The van der Waals surface area contributed by atoms with Crippen LogP contribution in [0.5, 0.6) is 0 Å². The van der Waals surface area contributed by atoms with Crippen molar-refractivity contribution in [2.24, 2.45) is 5.73 Å². The number of primary amides is 1. The van der Waals surface area contributed by atoms with E-state index in [1.807, 2.05) is 11.0 Å². The molecule has 0 bridgehead atoms. The summed E-state index contributed by atoms with van der Waals surface area (Å²) in [4.78, 5) is 14.6. The Hall–Kier alpha value is -2.17. The zero-order valence-corrected chi connectivity index (χ0v) is 12.5. The van der Waals surface area contributed by atoms with Crippen LogP contribution in [-0.2, 0) is 9.53 Å². The molecule has 2 rings (SSSR count). The Bertz CT molecular complexity index is 587. The van der Waals surface area contributed by atoms with Gasteiger partial charge in [-0.25, -0.2) is 4.39 Å². The first-order valence-corrected chi connectivity index (χ1v) is 7.03. The minimum atomic E-state index is -0.520. The van der Waals surface area contributed by atoms with Crippen molar-refractivity contribution < 1.29 is 13.9 Å². The number of nitrogens with zero attached hydrogens (tertiary/aromatic N) is 3. The van der Waals surface area contributed by atoms with Gasteiger partial charge in [0.2, 0.25) is 5.91 Å². The van der Waals surface area contributed by atoms with E-state index in [9.17, 15) is 9.18 Å². The molecule has 1 aromatic carbocycles. The molecule has 0 aromatic heterocycles. The molecule has 1 aliphatic rings. The molecular weight excluding hydrogens is 287 g/mol. The smallest absolute Gasteiger partial charge is 0.231 e. The minimum absolute atomic E-state index is 0.0497. The Morgan fingerprint density at radius 1 is 1.64 bits per heavy atom. The largest absolute Gasteiger partial charge is 0.373 e. The Morgan fingerprint density at radius 2 is 2.41 bits per heavy atom. The summed E-state index contributed by atoms with van der Waals surface area (Å²) in [6.07, 6.45) is -0.132. The third kappa shape index (κ3) is 3.93. The first kappa shape index (κ1) is 16.2. The quantitative estimate of drug-likeness (QED) is 0.847. The van der Waals surface area contributed by atoms with Crippen LogP contribution in [0.4, 0.5) is 10.1 Å². The lowest BCUT2D eigenvalue weighted by atomic mass is 10.1. The van der Waals surface area contributed by atoms with Crippen molar-refractivity contribution in [2.75, 3.05) is 44.7 Å². The fourth-order valence-corrected chi connectivity index (χ4v) is 2.61. The number of hydrogen-bond donors (Lipinski definition) is 1. The number of amides is 1. The fraction of sp³-hybridized carbons (Fsp3) is 0.467. The number of nitrogens with two attached hydrogens (primary N) is 1. The van der Waals surface area contributed by atoms with Crippen molar-refractivity contribution in [1.82, 2.24) is 4.90 Å². The maximum Gasteiger partial charge on any atom is 0.231 e. The molecular formula is C15H19FN4O2. The Morgan fingerprint density at radius 3 is 3.09 bits per heavy atom. The molecule has 0 saturated carbocycles. The van der Waals surface area contributed by atoms with Crippen LogP contribution >= 0.6 is 0 Å². The van der Waals surface area contributed by atoms with Gasteiger partial charge in [-0.05, 0) is 19.2 Å². The molecule has 6 nitrogen and oxygen atoms in total. The van der Waals surface area contributed by atoms with Crippen molar-refractivity contribution in [3.8, 4) is 6.07 Å². The van der Waals surface area contributed by atoms with E-state index in [2.05, 4.69) is 0 Å². The van der Waals surface area contributed by atoms with Crippen LogP contribution in [0.3, 0.4) is 0 Å². The summed E-state index contributed by atoms with van der Waals surface area (Å²) in [6, 6.07) is 6.52. The highest BCUT2D eigenvalue weighted by molar-refractivity contribution is 5.75. The zero-order chi connectivity index (χ0) is 16.1. The second kappa shape index (κ2) is 7.20. The first-order valence-electron chi connectivity index (χ1n) is 7.03. The van der Waals surface area contributed by atoms with Gasteiger partial charge in [-0.3, -0.25) is 9.69 Å². The van der Waals surface area contributed by atoms with Gasteiger partial charge in [0.05, 0.1) is 24.9 Å². The number of likely N-dealkylation sites (N-methyl/N-ethyl adjacent to an activating group) is 1. The summed E-state index contributed by atoms with van der Waals surface area (Å²) < 4.78 is 19.4. The van der Waals surface area contributed by atoms with Crippen LogP contribution in [0.25, 0.3) is 0 Å². The number of carbonyl (C=O) groups excluding carboxylic acids is 1. The molecule has 22 heavy (non-hydrogen) atoms. The number of halogens is 1. The number of benzene rings is 1. The molecule has 118 valence electrons. The molecule has 1 aliphatic heterocycles. The highest BCUT2D eigenvalue weighted by Crippen LogP contribution is 2.24. The maximum atomic E-state index is 13.7. The van der Waals surface area contributed by atoms with E-state index in [1.165, 1.54) is 6.07 Å². The van der Waals surface area contributed by atoms with Crippen molar-refractivity contribution in [1.29, 1.82) is 5.26 Å². The topological polar surface area (TPSA) is 82.6 Å². The molecule has 1 aromatic rings. The Balaban J connectivity index is 2.07. The summed E-state index contributed by atoms with van der Waals surface area (Å²) in [5.74, 6) is -0.916. The number of morpholine rings is 1. The van der Waals surface area contributed by atoms with Crippen LogP contribution < -0.4 is 10.6 Å². The average molecular weight is 306 g/mol. The molecule has 1 amide bonds. The highest BCUT2D eigenvalue weighted by Gasteiger charge is 2.24. The second-order valence-corrected chi connectivity index (χ2v) is 5.35. The summed E-state index contributed by atoms with van der Waals surface area (Å²) in [5.41, 5.74) is 5.79. The molecule has 1 atom stereocenters.